The van der Waals surface area contributed by atoms with Crippen LogP contribution in [0, 0.1) is 0 Å². The van der Waals surface area contributed by atoms with Crippen LogP contribution in [0.5, 0.6) is 0 Å². The molecule has 5 N–H and O–H groups in total. The van der Waals surface area contributed by atoms with E-state index in [0.717, 1.165) is 37.1 Å². The predicted molar refractivity (Wildman–Crippen MR) is 115 cm³/mol. The molecule has 2 aromatic carbocycles. The first-order valence-corrected chi connectivity index (χ1v) is 9.86. The molecule has 0 fully saturated rings. The van der Waals surface area contributed by atoms with Crippen molar-refractivity contribution in [2.24, 2.45) is 5.73 Å². The van der Waals surface area contributed by atoms with Crippen LogP contribution in [0.1, 0.15) is 38.5 Å². The molecular formula is C22H30N4O2. The number of hydrogen-bond acceptors (Lipinski definition) is 4. The Hall–Kier alpha value is -2.86. The van der Waals surface area contributed by atoms with Crippen LogP contribution in [-0.4, -0.2) is 24.9 Å². The summed E-state index contributed by atoms with van der Waals surface area (Å²) in [6.07, 6.45) is 4.49. The molecule has 0 unspecified atom stereocenters. The highest BCUT2D eigenvalue weighted by atomic mass is 16.2. The van der Waals surface area contributed by atoms with Crippen LogP contribution in [0.25, 0.3) is 0 Å². The third-order valence-electron chi connectivity index (χ3n) is 4.26. The lowest BCUT2D eigenvalue weighted by Gasteiger charge is -2.09. The topological polar surface area (TPSA) is 96.2 Å². The minimum absolute atomic E-state index is 0.0867. The van der Waals surface area contributed by atoms with Crippen molar-refractivity contribution in [3.8, 4) is 0 Å². The maximum atomic E-state index is 12.0. The van der Waals surface area contributed by atoms with Crippen molar-refractivity contribution in [3.05, 3.63) is 54.6 Å². The summed E-state index contributed by atoms with van der Waals surface area (Å²) in [4.78, 5) is 23.8. The van der Waals surface area contributed by atoms with Crippen molar-refractivity contribution >= 4 is 28.9 Å². The van der Waals surface area contributed by atoms with Gasteiger partial charge in [-0.05, 0) is 55.8 Å². The van der Waals surface area contributed by atoms with Gasteiger partial charge in [-0.25, -0.2) is 0 Å². The molecule has 0 aromatic heterocycles. The second-order valence-electron chi connectivity index (χ2n) is 6.67. The molecule has 0 bridgehead atoms. The predicted octanol–water partition coefficient (Wildman–Crippen LogP) is 3.78. The molecule has 0 aliphatic carbocycles. The van der Waals surface area contributed by atoms with Gasteiger partial charge in [0.2, 0.25) is 11.8 Å². The fourth-order valence-corrected chi connectivity index (χ4v) is 2.71. The smallest absolute Gasteiger partial charge is 0.224 e. The van der Waals surface area contributed by atoms with E-state index in [9.17, 15) is 9.59 Å². The lowest BCUT2D eigenvalue weighted by atomic mass is 10.2. The van der Waals surface area contributed by atoms with Gasteiger partial charge in [0.15, 0.2) is 0 Å². The SMILES string of the molecule is NCCCCCCNC(=O)CCC(=O)Nc1ccc(Nc2ccccc2)cc1. The van der Waals surface area contributed by atoms with Crippen molar-refractivity contribution in [2.45, 2.75) is 38.5 Å². The van der Waals surface area contributed by atoms with Gasteiger partial charge in [0.05, 0.1) is 0 Å². The molecule has 0 aliphatic heterocycles. The van der Waals surface area contributed by atoms with E-state index < -0.39 is 0 Å². The number of hydrogen-bond donors (Lipinski definition) is 4. The number of anilines is 3. The van der Waals surface area contributed by atoms with Gasteiger partial charge in [-0.3, -0.25) is 9.59 Å². The number of amides is 2. The first-order chi connectivity index (χ1) is 13.7. The van der Waals surface area contributed by atoms with Crippen molar-refractivity contribution in [1.82, 2.24) is 5.32 Å². The first-order valence-electron chi connectivity index (χ1n) is 9.86. The molecule has 6 heteroatoms. The van der Waals surface area contributed by atoms with E-state index in [1.54, 1.807) is 0 Å². The molecule has 2 rings (SSSR count). The van der Waals surface area contributed by atoms with Crippen LogP contribution in [0.4, 0.5) is 17.1 Å². The largest absolute Gasteiger partial charge is 0.356 e. The monoisotopic (exact) mass is 382 g/mol. The Kier molecular flexibility index (Phi) is 9.58. The molecule has 0 aliphatic rings. The van der Waals surface area contributed by atoms with E-state index in [0.29, 0.717) is 18.8 Å². The van der Waals surface area contributed by atoms with Crippen LogP contribution < -0.4 is 21.7 Å². The van der Waals surface area contributed by atoms with Crippen molar-refractivity contribution in [3.63, 3.8) is 0 Å². The number of nitrogens with one attached hydrogen (secondary N) is 3. The summed E-state index contributed by atoms with van der Waals surface area (Å²) in [5.41, 5.74) is 8.10. The zero-order chi connectivity index (χ0) is 20.0. The molecule has 2 amide bonds. The van der Waals surface area contributed by atoms with Gasteiger partial charge in [0.25, 0.3) is 0 Å². The summed E-state index contributed by atoms with van der Waals surface area (Å²) in [6.45, 7) is 1.37. The number of carbonyl (C=O) groups excluding carboxylic acids is 2. The Morgan fingerprint density at radius 2 is 1.32 bits per heavy atom. The summed E-state index contributed by atoms with van der Waals surface area (Å²) in [6, 6.07) is 17.4. The summed E-state index contributed by atoms with van der Waals surface area (Å²) < 4.78 is 0. The van der Waals surface area contributed by atoms with Crippen molar-refractivity contribution < 1.29 is 9.59 Å². The number of nitrogens with two attached hydrogens (primary N) is 1. The average molecular weight is 383 g/mol. The van der Waals surface area contributed by atoms with Gasteiger partial charge >= 0.3 is 0 Å². The Balaban J connectivity index is 1.63. The van der Waals surface area contributed by atoms with Crippen molar-refractivity contribution in [1.29, 1.82) is 0 Å². The van der Waals surface area contributed by atoms with E-state index in [-0.39, 0.29) is 24.7 Å². The molecule has 0 radical (unpaired) electrons. The van der Waals surface area contributed by atoms with E-state index in [1.165, 1.54) is 0 Å². The minimum atomic E-state index is -0.165. The maximum absolute atomic E-state index is 12.0. The van der Waals surface area contributed by atoms with Crippen LogP contribution >= 0.6 is 0 Å². The van der Waals surface area contributed by atoms with E-state index in [4.69, 9.17) is 5.73 Å². The normalized spacial score (nSPS) is 10.3. The molecule has 150 valence electrons. The number of para-hydroxylation sites is 1. The van der Waals surface area contributed by atoms with Crippen LogP contribution in [0.15, 0.2) is 54.6 Å². The maximum Gasteiger partial charge on any atom is 0.224 e. The second kappa shape index (κ2) is 12.5. The quantitative estimate of drug-likeness (QED) is 0.420. The Labute approximate surface area is 166 Å². The Morgan fingerprint density at radius 3 is 2.04 bits per heavy atom. The lowest BCUT2D eigenvalue weighted by molar-refractivity contribution is -0.124. The number of carbonyl (C=O) groups is 2. The minimum Gasteiger partial charge on any atom is -0.356 e. The highest BCUT2D eigenvalue weighted by Crippen LogP contribution is 2.18. The van der Waals surface area contributed by atoms with Crippen LogP contribution in [0.3, 0.4) is 0 Å². The fourth-order valence-electron chi connectivity index (χ4n) is 2.71. The van der Waals surface area contributed by atoms with E-state index >= 15 is 0 Å². The molecule has 2 aromatic rings. The van der Waals surface area contributed by atoms with Crippen LogP contribution in [0.2, 0.25) is 0 Å². The van der Waals surface area contributed by atoms with Gasteiger partial charge in [0, 0.05) is 36.4 Å². The van der Waals surface area contributed by atoms with Gasteiger partial charge in [-0.15, -0.1) is 0 Å². The van der Waals surface area contributed by atoms with Gasteiger partial charge < -0.3 is 21.7 Å². The third kappa shape index (κ3) is 8.68. The third-order valence-corrected chi connectivity index (χ3v) is 4.26. The van der Waals surface area contributed by atoms with Gasteiger partial charge in [-0.2, -0.15) is 0 Å². The molecule has 0 saturated carbocycles. The molecular weight excluding hydrogens is 352 g/mol. The van der Waals surface area contributed by atoms with Crippen LogP contribution in [-0.2, 0) is 9.59 Å². The zero-order valence-electron chi connectivity index (χ0n) is 16.2. The Morgan fingerprint density at radius 1 is 0.714 bits per heavy atom. The zero-order valence-corrected chi connectivity index (χ0v) is 16.2. The average Bonchev–Trinajstić information content (AvgIpc) is 2.71. The standard InChI is InChI=1S/C22H30N4O2/c23-16-6-1-2-7-17-24-21(27)14-15-22(28)26-20-12-10-19(11-13-20)25-18-8-4-3-5-9-18/h3-5,8-13,25H,1-2,6-7,14-17,23H2,(H,24,27)(H,26,28). The molecule has 28 heavy (non-hydrogen) atoms. The lowest BCUT2D eigenvalue weighted by Crippen LogP contribution is -2.25. The highest BCUT2D eigenvalue weighted by molar-refractivity contribution is 5.93. The van der Waals surface area contributed by atoms with Crippen molar-refractivity contribution in [2.75, 3.05) is 23.7 Å². The molecule has 0 saturated heterocycles. The second-order valence-corrected chi connectivity index (χ2v) is 6.67. The molecule has 0 atom stereocenters. The summed E-state index contributed by atoms with van der Waals surface area (Å²) in [7, 11) is 0. The number of unbranched alkanes of at least 4 members (excludes halogenated alkanes) is 3. The number of benzene rings is 2. The highest BCUT2D eigenvalue weighted by Gasteiger charge is 2.07. The van der Waals surface area contributed by atoms with Gasteiger partial charge in [0.1, 0.15) is 0 Å². The summed E-state index contributed by atoms with van der Waals surface area (Å²) >= 11 is 0. The first kappa shape index (κ1) is 21.4. The molecule has 0 spiro atoms. The Bertz CT molecular complexity index is 717. The van der Waals surface area contributed by atoms with E-state index in [2.05, 4.69) is 16.0 Å². The fraction of sp³-hybridized carbons (Fsp3) is 0.364. The summed E-state index contributed by atoms with van der Waals surface area (Å²) in [5.74, 6) is -0.252. The molecule has 0 heterocycles. The summed E-state index contributed by atoms with van der Waals surface area (Å²) in [5, 5.41) is 8.96. The molecule has 6 nitrogen and oxygen atoms in total. The van der Waals surface area contributed by atoms with Gasteiger partial charge in [-0.1, -0.05) is 31.0 Å². The number of rotatable bonds is 12. The van der Waals surface area contributed by atoms with E-state index in [1.807, 2.05) is 54.6 Å².